The summed E-state index contributed by atoms with van der Waals surface area (Å²) in [4.78, 5) is 13.0. The smallest absolute Gasteiger partial charge is 0.409 e. The van der Waals surface area contributed by atoms with Gasteiger partial charge in [0.25, 0.3) is 0 Å². The molecule has 1 saturated heterocycles. The molecule has 96 valence electrons. The average Bonchev–Trinajstić information content (AvgIpc) is 2.30. The summed E-state index contributed by atoms with van der Waals surface area (Å²) in [5.41, 5.74) is 0.363. The molecule has 1 amide bonds. The van der Waals surface area contributed by atoms with Crippen molar-refractivity contribution in [1.82, 2.24) is 4.90 Å². The van der Waals surface area contributed by atoms with Crippen LogP contribution in [0.25, 0.3) is 0 Å². The summed E-state index contributed by atoms with van der Waals surface area (Å²) in [5, 5.41) is 0. The van der Waals surface area contributed by atoms with Gasteiger partial charge in [-0.3, -0.25) is 0 Å². The maximum absolute atomic E-state index is 11.2. The highest BCUT2D eigenvalue weighted by molar-refractivity contribution is 5.67. The zero-order valence-corrected chi connectivity index (χ0v) is 11.7. The van der Waals surface area contributed by atoms with Gasteiger partial charge in [-0.15, -0.1) is 0 Å². The van der Waals surface area contributed by atoms with E-state index < -0.39 is 0 Å². The van der Waals surface area contributed by atoms with Crippen LogP contribution in [0.3, 0.4) is 0 Å². The Balaban J connectivity index is 0.00000106. The maximum Gasteiger partial charge on any atom is 0.409 e. The van der Waals surface area contributed by atoms with Gasteiger partial charge in [-0.25, -0.2) is 4.79 Å². The fourth-order valence-electron chi connectivity index (χ4n) is 2.06. The Hall–Kier alpha value is -0.730. The zero-order chi connectivity index (χ0) is 12.8. The predicted molar refractivity (Wildman–Crippen MR) is 67.5 cm³/mol. The van der Waals surface area contributed by atoms with Crippen LogP contribution >= 0.6 is 0 Å². The monoisotopic (exact) mass is 229 g/mol. The third kappa shape index (κ3) is 4.42. The second kappa shape index (κ2) is 6.77. The number of carbonyl (C=O) groups is 1. The SMILES string of the molecule is CC.COC(=O)N1CCC(C(C)(C)C)CC1. The Bertz CT molecular complexity index is 200. The van der Waals surface area contributed by atoms with Gasteiger partial charge in [-0.05, 0) is 24.2 Å². The number of amides is 1. The van der Waals surface area contributed by atoms with Crippen molar-refractivity contribution in [3.63, 3.8) is 0 Å². The molecule has 0 spiro atoms. The molecule has 0 N–H and O–H groups in total. The molecule has 3 heteroatoms. The number of carbonyl (C=O) groups excluding carboxylic acids is 1. The number of hydrogen-bond acceptors (Lipinski definition) is 2. The fourth-order valence-corrected chi connectivity index (χ4v) is 2.06. The van der Waals surface area contributed by atoms with Crippen LogP contribution in [0.1, 0.15) is 47.5 Å². The lowest BCUT2D eigenvalue weighted by molar-refractivity contribution is 0.0835. The molecular weight excluding hydrogens is 202 g/mol. The second-order valence-corrected chi connectivity index (χ2v) is 5.10. The van der Waals surface area contributed by atoms with Crippen molar-refractivity contribution in [2.75, 3.05) is 20.2 Å². The van der Waals surface area contributed by atoms with E-state index >= 15 is 0 Å². The van der Waals surface area contributed by atoms with Crippen LogP contribution < -0.4 is 0 Å². The first-order chi connectivity index (χ1) is 7.45. The minimum absolute atomic E-state index is 0.183. The van der Waals surface area contributed by atoms with Crippen LogP contribution in [0.2, 0.25) is 0 Å². The normalized spacial score (nSPS) is 17.5. The lowest BCUT2D eigenvalue weighted by atomic mass is 9.75. The molecule has 1 aliphatic heterocycles. The first-order valence-electron chi connectivity index (χ1n) is 6.28. The van der Waals surface area contributed by atoms with Crippen molar-refractivity contribution < 1.29 is 9.53 Å². The summed E-state index contributed by atoms with van der Waals surface area (Å²) in [6, 6.07) is 0. The molecule has 0 atom stereocenters. The Kier molecular flexibility index (Phi) is 6.46. The highest BCUT2D eigenvalue weighted by atomic mass is 16.5. The van der Waals surface area contributed by atoms with Crippen molar-refractivity contribution >= 4 is 6.09 Å². The first-order valence-corrected chi connectivity index (χ1v) is 6.28. The maximum atomic E-state index is 11.2. The standard InChI is InChI=1S/C11H21NO2.C2H6/c1-11(2,3)9-5-7-12(8-6-9)10(13)14-4;1-2/h9H,5-8H2,1-4H3;1-2H3. The number of hydrogen-bond donors (Lipinski definition) is 0. The number of rotatable bonds is 0. The van der Waals surface area contributed by atoms with E-state index in [2.05, 4.69) is 20.8 Å². The minimum Gasteiger partial charge on any atom is -0.453 e. The summed E-state index contributed by atoms with van der Waals surface area (Å²) in [7, 11) is 1.44. The quantitative estimate of drug-likeness (QED) is 0.636. The highest BCUT2D eigenvalue weighted by Crippen LogP contribution is 2.34. The Labute approximate surface area is 100 Å². The van der Waals surface area contributed by atoms with Gasteiger partial charge in [0.15, 0.2) is 0 Å². The van der Waals surface area contributed by atoms with E-state index in [0.29, 0.717) is 5.41 Å². The molecule has 0 bridgehead atoms. The minimum atomic E-state index is -0.183. The van der Waals surface area contributed by atoms with Gasteiger partial charge in [-0.1, -0.05) is 34.6 Å². The highest BCUT2D eigenvalue weighted by Gasteiger charge is 2.30. The molecule has 1 aliphatic rings. The van der Waals surface area contributed by atoms with E-state index in [9.17, 15) is 4.79 Å². The van der Waals surface area contributed by atoms with E-state index in [4.69, 9.17) is 4.74 Å². The van der Waals surface area contributed by atoms with Gasteiger partial charge in [0.2, 0.25) is 0 Å². The van der Waals surface area contributed by atoms with Crippen molar-refractivity contribution in [3.05, 3.63) is 0 Å². The summed E-state index contributed by atoms with van der Waals surface area (Å²) >= 11 is 0. The molecule has 16 heavy (non-hydrogen) atoms. The van der Waals surface area contributed by atoms with Gasteiger partial charge >= 0.3 is 6.09 Å². The summed E-state index contributed by atoms with van der Waals surface area (Å²) < 4.78 is 4.70. The molecule has 0 aromatic heterocycles. The number of likely N-dealkylation sites (tertiary alicyclic amines) is 1. The Morgan fingerprint density at radius 3 is 1.94 bits per heavy atom. The summed E-state index contributed by atoms with van der Waals surface area (Å²) in [6.45, 7) is 12.5. The molecule has 1 heterocycles. The van der Waals surface area contributed by atoms with Crippen LogP contribution in [-0.4, -0.2) is 31.2 Å². The molecule has 0 radical (unpaired) electrons. The molecule has 0 aromatic rings. The van der Waals surface area contributed by atoms with Crippen molar-refractivity contribution in [2.45, 2.75) is 47.5 Å². The fraction of sp³-hybridized carbons (Fsp3) is 0.923. The molecule has 1 rings (SSSR count). The topological polar surface area (TPSA) is 29.5 Å². The third-order valence-electron chi connectivity index (χ3n) is 3.15. The van der Waals surface area contributed by atoms with E-state index in [-0.39, 0.29) is 6.09 Å². The molecule has 1 fully saturated rings. The molecule has 0 saturated carbocycles. The molecule has 3 nitrogen and oxygen atoms in total. The van der Waals surface area contributed by atoms with E-state index in [0.717, 1.165) is 31.8 Å². The lowest BCUT2D eigenvalue weighted by Crippen LogP contribution is -2.41. The summed E-state index contributed by atoms with van der Waals surface area (Å²) in [6.07, 6.45) is 2.01. The Morgan fingerprint density at radius 1 is 1.19 bits per heavy atom. The van der Waals surface area contributed by atoms with Crippen molar-refractivity contribution in [1.29, 1.82) is 0 Å². The van der Waals surface area contributed by atoms with Gasteiger partial charge < -0.3 is 9.64 Å². The van der Waals surface area contributed by atoms with Gasteiger partial charge in [0, 0.05) is 13.1 Å². The number of methoxy groups -OCH3 is 1. The van der Waals surface area contributed by atoms with E-state index in [1.165, 1.54) is 7.11 Å². The van der Waals surface area contributed by atoms with Crippen LogP contribution in [0.5, 0.6) is 0 Å². The van der Waals surface area contributed by atoms with Gasteiger partial charge in [-0.2, -0.15) is 0 Å². The number of ether oxygens (including phenoxy) is 1. The van der Waals surface area contributed by atoms with Crippen molar-refractivity contribution in [3.8, 4) is 0 Å². The zero-order valence-electron chi connectivity index (χ0n) is 11.7. The van der Waals surface area contributed by atoms with E-state index in [1.807, 2.05) is 13.8 Å². The second-order valence-electron chi connectivity index (χ2n) is 5.10. The van der Waals surface area contributed by atoms with Crippen LogP contribution in [0.15, 0.2) is 0 Å². The molecule has 0 aliphatic carbocycles. The number of piperidine rings is 1. The first kappa shape index (κ1) is 15.3. The largest absolute Gasteiger partial charge is 0.453 e. The van der Waals surface area contributed by atoms with Crippen molar-refractivity contribution in [2.24, 2.45) is 11.3 Å². The average molecular weight is 229 g/mol. The Morgan fingerprint density at radius 2 is 1.62 bits per heavy atom. The number of nitrogens with zero attached hydrogens (tertiary/aromatic N) is 1. The van der Waals surface area contributed by atoms with Crippen LogP contribution in [-0.2, 0) is 4.74 Å². The molecule has 0 unspecified atom stereocenters. The van der Waals surface area contributed by atoms with Crippen LogP contribution in [0, 0.1) is 11.3 Å². The van der Waals surface area contributed by atoms with Crippen LogP contribution in [0.4, 0.5) is 4.79 Å². The molecule has 0 aromatic carbocycles. The third-order valence-corrected chi connectivity index (χ3v) is 3.15. The molecular formula is C13H27NO2. The predicted octanol–water partition coefficient (Wildman–Crippen LogP) is 3.54. The summed E-state index contributed by atoms with van der Waals surface area (Å²) in [5.74, 6) is 0.725. The lowest BCUT2D eigenvalue weighted by Gasteiger charge is -2.38. The van der Waals surface area contributed by atoms with Gasteiger partial charge in [0.05, 0.1) is 7.11 Å². The van der Waals surface area contributed by atoms with Gasteiger partial charge in [0.1, 0.15) is 0 Å². The van der Waals surface area contributed by atoms with E-state index in [1.54, 1.807) is 4.90 Å².